The molecular formula is C18H17ClN2O3. The number of hydrogen-bond donors (Lipinski definition) is 1. The van der Waals surface area contributed by atoms with Gasteiger partial charge in [0.25, 0.3) is 0 Å². The van der Waals surface area contributed by atoms with Crippen molar-refractivity contribution in [2.75, 3.05) is 6.54 Å². The predicted octanol–water partition coefficient (Wildman–Crippen LogP) is 3.43. The van der Waals surface area contributed by atoms with E-state index in [-0.39, 0.29) is 11.8 Å². The van der Waals surface area contributed by atoms with Crippen molar-refractivity contribution in [2.24, 2.45) is 22.9 Å². The second-order valence-corrected chi connectivity index (χ2v) is 7.07. The van der Waals surface area contributed by atoms with E-state index >= 15 is 0 Å². The maximum Gasteiger partial charge on any atom is 0.410 e. The molecule has 2 heterocycles. The molecule has 4 rings (SSSR count). The largest absolute Gasteiger partial charge is 0.465 e. The van der Waals surface area contributed by atoms with Crippen LogP contribution >= 0.6 is 11.6 Å². The minimum Gasteiger partial charge on any atom is -0.465 e. The van der Waals surface area contributed by atoms with Crippen LogP contribution < -0.4 is 0 Å². The van der Waals surface area contributed by atoms with Gasteiger partial charge in [-0.1, -0.05) is 41.6 Å². The number of carbonyl (C=O) groups is 1. The van der Waals surface area contributed by atoms with Gasteiger partial charge in [0, 0.05) is 17.1 Å². The van der Waals surface area contributed by atoms with E-state index in [1.165, 1.54) is 17.7 Å². The predicted molar refractivity (Wildman–Crippen MR) is 89.7 cm³/mol. The smallest absolute Gasteiger partial charge is 0.410 e. The fraction of sp³-hybridized carbons (Fsp3) is 0.444. The second kappa shape index (κ2) is 6.03. The third kappa shape index (κ3) is 2.94. The van der Waals surface area contributed by atoms with Crippen LogP contribution in [-0.2, 0) is 4.84 Å². The topological polar surface area (TPSA) is 62.1 Å². The standard InChI is InChI=1S/C18H17ClN2O3/c19-14-3-1-2-11(9-14)6-7-15-16-13(8-12-4-5-12)10-21(18(22)23)17(16)24-20-15/h1-3,9,12-13,16-17H,4-5,8,10H2,(H,22,23). The summed E-state index contributed by atoms with van der Waals surface area (Å²) in [5.74, 6) is 7.02. The molecule has 0 spiro atoms. The van der Waals surface area contributed by atoms with Crippen LogP contribution in [0.1, 0.15) is 24.8 Å². The van der Waals surface area contributed by atoms with Crippen LogP contribution in [0.25, 0.3) is 0 Å². The van der Waals surface area contributed by atoms with Gasteiger partial charge in [0.05, 0.1) is 5.92 Å². The molecular weight excluding hydrogens is 328 g/mol. The van der Waals surface area contributed by atoms with E-state index in [0.29, 0.717) is 23.2 Å². The number of amides is 1. The van der Waals surface area contributed by atoms with Crippen LogP contribution in [-0.4, -0.2) is 34.6 Å². The summed E-state index contributed by atoms with van der Waals surface area (Å²) in [6.07, 6.45) is 2.01. The van der Waals surface area contributed by atoms with Gasteiger partial charge in [0.1, 0.15) is 5.71 Å². The fourth-order valence-electron chi connectivity index (χ4n) is 3.55. The Morgan fingerprint density at radius 2 is 2.25 bits per heavy atom. The van der Waals surface area contributed by atoms with E-state index in [1.54, 1.807) is 12.1 Å². The quantitative estimate of drug-likeness (QED) is 0.836. The average Bonchev–Trinajstić information content (AvgIpc) is 3.14. The van der Waals surface area contributed by atoms with E-state index in [4.69, 9.17) is 16.4 Å². The Labute approximate surface area is 145 Å². The highest BCUT2D eigenvalue weighted by atomic mass is 35.5. The molecule has 2 aliphatic heterocycles. The van der Waals surface area contributed by atoms with E-state index < -0.39 is 12.3 Å². The van der Waals surface area contributed by atoms with E-state index in [1.807, 2.05) is 12.1 Å². The van der Waals surface area contributed by atoms with Gasteiger partial charge in [-0.05, 0) is 42.4 Å². The zero-order chi connectivity index (χ0) is 16.7. The zero-order valence-corrected chi connectivity index (χ0v) is 13.7. The van der Waals surface area contributed by atoms with Gasteiger partial charge in [0.2, 0.25) is 6.23 Å². The molecule has 1 saturated carbocycles. The number of hydrogen-bond acceptors (Lipinski definition) is 3. The fourth-order valence-corrected chi connectivity index (χ4v) is 3.74. The van der Waals surface area contributed by atoms with Crippen LogP contribution in [0, 0.1) is 29.6 Å². The monoisotopic (exact) mass is 344 g/mol. The molecule has 1 aliphatic carbocycles. The SMILES string of the molecule is O=C(O)N1CC(CC2CC2)C2C(C#Cc3cccc(Cl)c3)=NOC21. The van der Waals surface area contributed by atoms with Crippen molar-refractivity contribution in [3.8, 4) is 11.8 Å². The van der Waals surface area contributed by atoms with Gasteiger partial charge in [-0.2, -0.15) is 0 Å². The molecule has 5 nitrogen and oxygen atoms in total. The molecule has 24 heavy (non-hydrogen) atoms. The summed E-state index contributed by atoms with van der Waals surface area (Å²) in [6.45, 7) is 0.499. The van der Waals surface area contributed by atoms with Gasteiger partial charge in [-0.15, -0.1) is 0 Å². The second-order valence-electron chi connectivity index (χ2n) is 6.63. The highest BCUT2D eigenvalue weighted by Gasteiger charge is 2.52. The Morgan fingerprint density at radius 1 is 1.42 bits per heavy atom. The lowest BCUT2D eigenvalue weighted by molar-refractivity contribution is -0.0178. The van der Waals surface area contributed by atoms with Gasteiger partial charge < -0.3 is 9.94 Å². The number of oxime groups is 1. The Bertz CT molecular complexity index is 763. The molecule has 3 atom stereocenters. The van der Waals surface area contributed by atoms with Gasteiger partial charge in [-0.25, -0.2) is 4.79 Å². The lowest BCUT2D eigenvalue weighted by Crippen LogP contribution is -2.36. The molecule has 1 N–H and O–H groups in total. The zero-order valence-electron chi connectivity index (χ0n) is 13.0. The van der Waals surface area contributed by atoms with Crippen LogP contribution in [0.3, 0.4) is 0 Å². The van der Waals surface area contributed by atoms with Gasteiger partial charge >= 0.3 is 6.09 Å². The Morgan fingerprint density at radius 3 is 2.96 bits per heavy atom. The van der Waals surface area contributed by atoms with Gasteiger partial charge in [0.15, 0.2) is 0 Å². The number of fused-ring (bicyclic) bond motifs is 1. The number of likely N-dealkylation sites (tertiary alicyclic amines) is 1. The van der Waals surface area contributed by atoms with Crippen LogP contribution in [0.15, 0.2) is 29.4 Å². The summed E-state index contributed by atoms with van der Waals surface area (Å²) in [4.78, 5) is 18.2. The Kier molecular flexibility index (Phi) is 3.85. The number of benzene rings is 1. The van der Waals surface area contributed by atoms with Crippen molar-refractivity contribution >= 4 is 23.4 Å². The lowest BCUT2D eigenvalue weighted by atomic mass is 9.87. The third-order valence-electron chi connectivity index (χ3n) is 4.87. The molecule has 6 heteroatoms. The molecule has 0 aromatic heterocycles. The molecule has 124 valence electrons. The molecule has 0 radical (unpaired) electrons. The van der Waals surface area contributed by atoms with Crippen LogP contribution in [0.4, 0.5) is 4.79 Å². The number of rotatable bonds is 2. The maximum absolute atomic E-state index is 11.5. The van der Waals surface area contributed by atoms with Crippen LogP contribution in [0.5, 0.6) is 0 Å². The minimum atomic E-state index is -0.956. The molecule has 1 saturated heterocycles. The highest BCUT2D eigenvalue weighted by Crippen LogP contribution is 2.44. The molecule has 1 amide bonds. The summed E-state index contributed by atoms with van der Waals surface area (Å²) in [7, 11) is 0. The molecule has 2 fully saturated rings. The third-order valence-corrected chi connectivity index (χ3v) is 5.10. The Hall–Kier alpha value is -2.19. The lowest BCUT2D eigenvalue weighted by Gasteiger charge is -2.17. The number of carboxylic acid groups (broad SMARTS) is 1. The van der Waals surface area contributed by atoms with E-state index in [0.717, 1.165) is 12.0 Å². The van der Waals surface area contributed by atoms with Crippen molar-refractivity contribution in [1.82, 2.24) is 4.90 Å². The summed E-state index contributed by atoms with van der Waals surface area (Å²) >= 11 is 5.98. The van der Waals surface area contributed by atoms with Crippen molar-refractivity contribution in [1.29, 1.82) is 0 Å². The first-order chi connectivity index (χ1) is 11.6. The number of halogens is 1. The first-order valence-corrected chi connectivity index (χ1v) is 8.50. The Balaban J connectivity index is 1.57. The van der Waals surface area contributed by atoms with Crippen molar-refractivity contribution in [2.45, 2.75) is 25.5 Å². The molecule has 1 aromatic carbocycles. The first kappa shape index (κ1) is 15.3. The molecule has 3 aliphatic rings. The molecule has 1 aromatic rings. The van der Waals surface area contributed by atoms with Crippen molar-refractivity contribution < 1.29 is 14.7 Å². The summed E-state index contributed by atoms with van der Waals surface area (Å²) in [5.41, 5.74) is 1.45. The number of nitrogens with zero attached hydrogens (tertiary/aromatic N) is 2. The molecule has 0 bridgehead atoms. The highest BCUT2D eigenvalue weighted by molar-refractivity contribution is 6.30. The first-order valence-electron chi connectivity index (χ1n) is 8.12. The summed E-state index contributed by atoms with van der Waals surface area (Å²) in [5, 5.41) is 14.1. The summed E-state index contributed by atoms with van der Waals surface area (Å²) < 4.78 is 0. The van der Waals surface area contributed by atoms with Crippen molar-refractivity contribution in [3.63, 3.8) is 0 Å². The van der Waals surface area contributed by atoms with E-state index in [9.17, 15) is 9.90 Å². The normalized spacial score (nSPS) is 27.8. The van der Waals surface area contributed by atoms with E-state index in [2.05, 4.69) is 17.0 Å². The van der Waals surface area contributed by atoms with Crippen molar-refractivity contribution in [3.05, 3.63) is 34.9 Å². The summed E-state index contributed by atoms with van der Waals surface area (Å²) in [6, 6.07) is 7.32. The minimum absolute atomic E-state index is 0.0617. The van der Waals surface area contributed by atoms with Gasteiger partial charge in [-0.3, -0.25) is 4.90 Å². The van der Waals surface area contributed by atoms with Crippen LogP contribution in [0.2, 0.25) is 5.02 Å². The molecule has 3 unspecified atom stereocenters. The average molecular weight is 345 g/mol. The maximum atomic E-state index is 11.5.